The summed E-state index contributed by atoms with van der Waals surface area (Å²) < 4.78 is 18.0. The summed E-state index contributed by atoms with van der Waals surface area (Å²) in [6.07, 6.45) is 1.69. The van der Waals surface area contributed by atoms with E-state index < -0.39 is 0 Å². The molecule has 0 saturated carbocycles. The lowest BCUT2D eigenvalue weighted by molar-refractivity contribution is -0.123. The average molecular weight is 622 g/mol. The first-order valence-corrected chi connectivity index (χ1v) is 12.9. The van der Waals surface area contributed by atoms with Gasteiger partial charge in [0.2, 0.25) is 0 Å². The van der Waals surface area contributed by atoms with Crippen molar-refractivity contribution in [3.05, 3.63) is 91.4 Å². The number of halogens is 2. The molecular formula is C26H21ClINO5S. The van der Waals surface area contributed by atoms with Crippen molar-refractivity contribution in [2.24, 2.45) is 0 Å². The summed E-state index contributed by atoms with van der Waals surface area (Å²) in [6, 6.07) is 20.4. The van der Waals surface area contributed by atoms with Gasteiger partial charge in [-0.15, -0.1) is 0 Å². The number of amides is 2. The van der Waals surface area contributed by atoms with Gasteiger partial charge in [0.05, 0.1) is 22.1 Å². The lowest BCUT2D eigenvalue weighted by atomic mass is 10.1. The van der Waals surface area contributed by atoms with Crippen LogP contribution in [-0.4, -0.2) is 36.3 Å². The summed E-state index contributed by atoms with van der Waals surface area (Å²) >= 11 is 9.02. The van der Waals surface area contributed by atoms with Gasteiger partial charge in [-0.25, -0.2) is 0 Å². The quantitative estimate of drug-likeness (QED) is 0.197. The molecule has 1 aliphatic heterocycles. The molecule has 3 aromatic rings. The Balaban J connectivity index is 1.44. The summed E-state index contributed by atoms with van der Waals surface area (Å²) in [5, 5.41) is 0.348. The van der Waals surface area contributed by atoms with Gasteiger partial charge in [0.25, 0.3) is 11.1 Å². The van der Waals surface area contributed by atoms with Crippen molar-refractivity contribution in [2.45, 2.75) is 6.61 Å². The van der Waals surface area contributed by atoms with Crippen LogP contribution in [0, 0.1) is 3.57 Å². The molecule has 0 bridgehead atoms. The molecule has 0 radical (unpaired) electrons. The highest BCUT2D eigenvalue weighted by Crippen LogP contribution is 2.37. The Morgan fingerprint density at radius 1 is 1.03 bits per heavy atom. The molecule has 35 heavy (non-hydrogen) atoms. The molecular weight excluding hydrogens is 601 g/mol. The fraction of sp³-hybridized carbons (Fsp3) is 0.154. The highest BCUT2D eigenvalue weighted by Gasteiger charge is 2.34. The smallest absolute Gasteiger partial charge is 0.293 e. The zero-order chi connectivity index (χ0) is 24.8. The molecule has 180 valence electrons. The maximum absolute atomic E-state index is 12.8. The molecule has 1 saturated heterocycles. The maximum Gasteiger partial charge on any atom is 0.293 e. The summed E-state index contributed by atoms with van der Waals surface area (Å²) in [6.45, 7) is 0.753. The number of carbonyl (C=O) groups is 2. The Kier molecular flexibility index (Phi) is 8.59. The normalized spacial score (nSPS) is 14.5. The molecule has 9 heteroatoms. The molecule has 4 rings (SSSR count). The third kappa shape index (κ3) is 6.50. The van der Waals surface area contributed by atoms with Crippen molar-refractivity contribution < 1.29 is 23.8 Å². The minimum absolute atomic E-state index is 0.176. The number of thioether (sulfide) groups is 1. The number of benzene rings is 3. The summed E-state index contributed by atoms with van der Waals surface area (Å²) in [5.41, 5.74) is 1.71. The van der Waals surface area contributed by atoms with E-state index >= 15 is 0 Å². The molecule has 0 spiro atoms. The van der Waals surface area contributed by atoms with E-state index in [4.69, 9.17) is 25.8 Å². The van der Waals surface area contributed by atoms with Crippen molar-refractivity contribution in [2.75, 3.05) is 20.3 Å². The van der Waals surface area contributed by atoms with Gasteiger partial charge in [-0.05, 0) is 88.0 Å². The lowest BCUT2D eigenvalue weighted by Crippen LogP contribution is -2.32. The number of methoxy groups -OCH3 is 1. The van der Waals surface area contributed by atoms with Gasteiger partial charge in [-0.2, -0.15) is 0 Å². The van der Waals surface area contributed by atoms with Crippen LogP contribution in [0.25, 0.3) is 6.08 Å². The second-order valence-electron chi connectivity index (χ2n) is 7.44. The van der Waals surface area contributed by atoms with Gasteiger partial charge in [-0.3, -0.25) is 14.5 Å². The van der Waals surface area contributed by atoms with E-state index in [1.807, 2.05) is 60.7 Å². The predicted octanol–water partition coefficient (Wildman–Crippen LogP) is 6.65. The number of ether oxygens (including phenoxy) is 3. The highest BCUT2D eigenvalue weighted by molar-refractivity contribution is 14.1. The molecule has 1 aliphatic rings. The summed E-state index contributed by atoms with van der Waals surface area (Å²) in [7, 11) is 1.56. The molecule has 0 aliphatic carbocycles. The van der Waals surface area contributed by atoms with Gasteiger partial charge >= 0.3 is 0 Å². The molecule has 1 fully saturated rings. The van der Waals surface area contributed by atoms with Crippen LogP contribution in [0.2, 0.25) is 5.02 Å². The number of nitrogens with zero attached hydrogens (tertiary/aromatic N) is 1. The summed E-state index contributed by atoms with van der Waals surface area (Å²) in [4.78, 5) is 26.8. The molecule has 0 unspecified atom stereocenters. The monoisotopic (exact) mass is 621 g/mol. The zero-order valence-corrected chi connectivity index (χ0v) is 22.4. The van der Waals surface area contributed by atoms with Gasteiger partial charge in [0.1, 0.15) is 19.0 Å². The average Bonchev–Trinajstić information content (AvgIpc) is 3.12. The fourth-order valence-electron chi connectivity index (χ4n) is 3.31. The predicted molar refractivity (Wildman–Crippen MR) is 146 cm³/mol. The standard InChI is InChI=1S/C26H21ClINO5S/c1-32-22-14-18(13-21(28)24(22)34-16-17-7-9-19(27)10-8-17)15-23-25(30)29(26(31)35-23)11-12-33-20-5-3-2-4-6-20/h2-10,13-15H,11-12,16H2,1H3/b23-15-. The van der Waals surface area contributed by atoms with Crippen LogP contribution in [0.1, 0.15) is 11.1 Å². The fourth-order valence-corrected chi connectivity index (χ4v) is 5.09. The van der Waals surface area contributed by atoms with E-state index in [0.29, 0.717) is 33.8 Å². The largest absolute Gasteiger partial charge is 0.493 e. The topological polar surface area (TPSA) is 65.1 Å². The van der Waals surface area contributed by atoms with E-state index in [1.54, 1.807) is 19.3 Å². The van der Waals surface area contributed by atoms with Crippen molar-refractivity contribution in [3.8, 4) is 17.2 Å². The number of para-hydroxylation sites is 1. The zero-order valence-electron chi connectivity index (χ0n) is 18.7. The SMILES string of the molecule is COc1cc(/C=C2\SC(=O)N(CCOc3ccccc3)C2=O)cc(I)c1OCc1ccc(Cl)cc1. The Bertz CT molecular complexity index is 1250. The second-order valence-corrected chi connectivity index (χ2v) is 10.0. The van der Waals surface area contributed by atoms with Crippen LogP contribution in [-0.2, 0) is 11.4 Å². The molecule has 0 aromatic heterocycles. The first kappa shape index (κ1) is 25.4. The Morgan fingerprint density at radius 3 is 2.49 bits per heavy atom. The van der Waals surface area contributed by atoms with Crippen molar-refractivity contribution in [1.82, 2.24) is 4.90 Å². The van der Waals surface area contributed by atoms with E-state index in [-0.39, 0.29) is 24.3 Å². The molecule has 6 nitrogen and oxygen atoms in total. The first-order chi connectivity index (χ1) is 16.9. The highest BCUT2D eigenvalue weighted by atomic mass is 127. The van der Waals surface area contributed by atoms with E-state index in [0.717, 1.165) is 26.5 Å². The van der Waals surface area contributed by atoms with Crippen LogP contribution in [0.3, 0.4) is 0 Å². The van der Waals surface area contributed by atoms with Crippen molar-refractivity contribution in [3.63, 3.8) is 0 Å². The first-order valence-electron chi connectivity index (χ1n) is 10.6. The second kappa shape index (κ2) is 11.8. The minimum Gasteiger partial charge on any atom is -0.493 e. The number of imide groups is 1. The summed E-state index contributed by atoms with van der Waals surface area (Å²) in [5.74, 6) is 1.49. The van der Waals surface area contributed by atoms with E-state index in [1.165, 1.54) is 4.90 Å². The molecule has 0 N–H and O–H groups in total. The van der Waals surface area contributed by atoms with Crippen molar-refractivity contribution >= 4 is 63.2 Å². The van der Waals surface area contributed by atoms with Gasteiger partial charge in [0, 0.05) is 5.02 Å². The Hall–Kier alpha value is -2.69. The Morgan fingerprint density at radius 2 is 1.77 bits per heavy atom. The molecule has 3 aromatic carbocycles. The van der Waals surface area contributed by atoms with Crippen LogP contribution in [0.4, 0.5) is 4.79 Å². The van der Waals surface area contributed by atoms with Gasteiger partial charge in [-0.1, -0.05) is 41.9 Å². The van der Waals surface area contributed by atoms with Gasteiger partial charge in [0.15, 0.2) is 11.5 Å². The molecule has 0 atom stereocenters. The molecule has 2 amide bonds. The van der Waals surface area contributed by atoms with Gasteiger partial charge < -0.3 is 14.2 Å². The third-order valence-electron chi connectivity index (χ3n) is 5.05. The van der Waals surface area contributed by atoms with Crippen LogP contribution in [0.5, 0.6) is 17.2 Å². The number of hydrogen-bond acceptors (Lipinski definition) is 6. The van der Waals surface area contributed by atoms with Crippen molar-refractivity contribution in [1.29, 1.82) is 0 Å². The lowest BCUT2D eigenvalue weighted by Gasteiger charge is -2.14. The van der Waals surface area contributed by atoms with Crippen LogP contribution in [0.15, 0.2) is 71.6 Å². The van der Waals surface area contributed by atoms with E-state index in [9.17, 15) is 9.59 Å². The van der Waals surface area contributed by atoms with E-state index in [2.05, 4.69) is 22.6 Å². The minimum atomic E-state index is -0.339. The maximum atomic E-state index is 12.8. The Labute approximate surface area is 226 Å². The number of carbonyl (C=O) groups excluding carboxylic acids is 2. The van der Waals surface area contributed by atoms with Crippen LogP contribution >= 0.6 is 46.0 Å². The number of rotatable bonds is 9. The third-order valence-corrected chi connectivity index (χ3v) is 7.01. The number of hydrogen-bond donors (Lipinski definition) is 0. The molecule has 1 heterocycles. The van der Waals surface area contributed by atoms with Crippen LogP contribution < -0.4 is 14.2 Å².